The van der Waals surface area contributed by atoms with Gasteiger partial charge in [-0.2, -0.15) is 0 Å². The molecule has 0 radical (unpaired) electrons. The van der Waals surface area contributed by atoms with Crippen molar-refractivity contribution in [3.8, 4) is 0 Å². The first-order valence-corrected chi connectivity index (χ1v) is 11.6. The van der Waals surface area contributed by atoms with Crippen LogP contribution in [-0.4, -0.2) is 37.1 Å². The normalized spacial score (nSPS) is 19.1. The number of pyridine rings is 1. The molecule has 1 saturated carbocycles. The molecule has 1 saturated heterocycles. The second-order valence-electron chi connectivity index (χ2n) is 8.38. The van der Waals surface area contributed by atoms with E-state index in [1.54, 1.807) is 21.6 Å². The van der Waals surface area contributed by atoms with Crippen molar-refractivity contribution < 1.29 is 4.79 Å². The lowest BCUT2D eigenvalue weighted by atomic mass is 10.2. The molecule has 158 valence electrons. The number of thiocarbonyl (C=S) groups is 1. The van der Waals surface area contributed by atoms with Gasteiger partial charge in [-0.05, 0) is 43.4 Å². The highest BCUT2D eigenvalue weighted by Gasteiger charge is 2.38. The maximum Gasteiger partial charge on any atom is 0.267 e. The van der Waals surface area contributed by atoms with Crippen molar-refractivity contribution in [3.63, 3.8) is 0 Å². The number of nitrogens with one attached hydrogen (secondary N) is 1. The zero-order valence-electron chi connectivity index (χ0n) is 17.5. The Hall–Kier alpha value is -2.19. The van der Waals surface area contributed by atoms with Crippen molar-refractivity contribution in [3.05, 3.63) is 44.7 Å². The summed E-state index contributed by atoms with van der Waals surface area (Å²) in [6.45, 7) is 6.80. The van der Waals surface area contributed by atoms with Gasteiger partial charge in [0, 0.05) is 18.8 Å². The number of anilines is 1. The van der Waals surface area contributed by atoms with Crippen LogP contribution in [0.15, 0.2) is 28.0 Å². The van der Waals surface area contributed by atoms with E-state index in [-0.39, 0.29) is 17.5 Å². The molecule has 8 heteroatoms. The van der Waals surface area contributed by atoms with E-state index >= 15 is 0 Å². The van der Waals surface area contributed by atoms with Gasteiger partial charge in [-0.1, -0.05) is 56.7 Å². The van der Waals surface area contributed by atoms with Gasteiger partial charge in [0.15, 0.2) is 0 Å². The number of thioether (sulfide) groups is 1. The van der Waals surface area contributed by atoms with E-state index in [1.165, 1.54) is 11.8 Å². The Morgan fingerprint density at radius 1 is 1.30 bits per heavy atom. The van der Waals surface area contributed by atoms with Crippen LogP contribution in [0.1, 0.15) is 50.7 Å². The number of hydrogen-bond acceptors (Lipinski definition) is 6. The summed E-state index contributed by atoms with van der Waals surface area (Å²) in [5, 5.41) is 3.29. The summed E-state index contributed by atoms with van der Waals surface area (Å²) in [5.74, 6) is 0.792. The average molecular weight is 443 g/mol. The standard InChI is InChI=1S/C22H26N4O2S2/c1-13(2)11-23-19-16(20(27)25-12-14(3)8-9-18(25)24-19)10-17-21(28)26(22(29)30-17)15-6-4-5-7-15/h8-10,12-13,15,23H,4-7,11H2,1-3H3/b17-10+. The van der Waals surface area contributed by atoms with Crippen molar-refractivity contribution >= 4 is 51.7 Å². The van der Waals surface area contributed by atoms with Gasteiger partial charge < -0.3 is 5.32 Å². The topological polar surface area (TPSA) is 66.7 Å². The first-order chi connectivity index (χ1) is 14.3. The van der Waals surface area contributed by atoms with Gasteiger partial charge in [-0.15, -0.1) is 0 Å². The third kappa shape index (κ3) is 4.03. The minimum absolute atomic E-state index is 0.0968. The summed E-state index contributed by atoms with van der Waals surface area (Å²) in [7, 11) is 0. The van der Waals surface area contributed by atoms with Crippen LogP contribution in [-0.2, 0) is 4.79 Å². The molecule has 0 bridgehead atoms. The third-order valence-electron chi connectivity index (χ3n) is 5.47. The first-order valence-electron chi connectivity index (χ1n) is 10.4. The van der Waals surface area contributed by atoms with Crippen molar-refractivity contribution in [1.29, 1.82) is 0 Å². The average Bonchev–Trinajstić information content (AvgIpc) is 3.31. The molecule has 1 aliphatic heterocycles. The monoisotopic (exact) mass is 442 g/mol. The van der Waals surface area contributed by atoms with Gasteiger partial charge in [0.1, 0.15) is 15.8 Å². The molecule has 2 aromatic rings. The van der Waals surface area contributed by atoms with E-state index in [9.17, 15) is 9.59 Å². The minimum atomic E-state index is -0.193. The molecular formula is C22H26N4O2S2. The highest BCUT2D eigenvalue weighted by atomic mass is 32.2. The van der Waals surface area contributed by atoms with Gasteiger partial charge in [0.05, 0.1) is 10.5 Å². The maximum atomic E-state index is 13.3. The largest absolute Gasteiger partial charge is 0.369 e. The number of rotatable bonds is 5. The zero-order chi connectivity index (χ0) is 21.4. The van der Waals surface area contributed by atoms with Crippen LogP contribution < -0.4 is 10.9 Å². The number of aryl methyl sites for hydroxylation is 1. The smallest absolute Gasteiger partial charge is 0.267 e. The van der Waals surface area contributed by atoms with Crippen LogP contribution in [0.2, 0.25) is 0 Å². The van der Waals surface area contributed by atoms with E-state index in [1.807, 2.05) is 19.1 Å². The molecule has 2 aromatic heterocycles. The fraction of sp³-hybridized carbons (Fsp3) is 0.455. The van der Waals surface area contributed by atoms with Gasteiger partial charge in [-0.25, -0.2) is 4.98 Å². The molecular weight excluding hydrogens is 416 g/mol. The Kier molecular flexibility index (Phi) is 5.97. The third-order valence-corrected chi connectivity index (χ3v) is 6.80. The second kappa shape index (κ2) is 8.51. The number of carbonyl (C=O) groups is 1. The zero-order valence-corrected chi connectivity index (χ0v) is 19.1. The van der Waals surface area contributed by atoms with Crippen molar-refractivity contribution in [1.82, 2.24) is 14.3 Å². The predicted octanol–water partition coefficient (Wildman–Crippen LogP) is 4.21. The van der Waals surface area contributed by atoms with Crippen LogP contribution in [0.3, 0.4) is 0 Å². The van der Waals surface area contributed by atoms with Gasteiger partial charge in [0.2, 0.25) is 0 Å². The summed E-state index contributed by atoms with van der Waals surface area (Å²) in [4.78, 5) is 33.4. The Balaban J connectivity index is 1.79. The number of fused-ring (bicyclic) bond motifs is 1. The highest BCUT2D eigenvalue weighted by molar-refractivity contribution is 8.26. The summed E-state index contributed by atoms with van der Waals surface area (Å²) in [5.41, 5.74) is 1.74. The maximum absolute atomic E-state index is 13.3. The van der Waals surface area contributed by atoms with Crippen molar-refractivity contribution in [2.75, 3.05) is 11.9 Å². The van der Waals surface area contributed by atoms with Crippen LogP contribution in [0.4, 0.5) is 5.82 Å². The van der Waals surface area contributed by atoms with E-state index in [4.69, 9.17) is 12.2 Å². The molecule has 1 amide bonds. The molecule has 1 N–H and O–H groups in total. The molecule has 4 rings (SSSR count). The van der Waals surface area contributed by atoms with E-state index < -0.39 is 0 Å². The van der Waals surface area contributed by atoms with Gasteiger partial charge >= 0.3 is 0 Å². The van der Waals surface area contributed by atoms with E-state index in [0.717, 1.165) is 31.2 Å². The molecule has 0 aromatic carbocycles. The number of carbonyl (C=O) groups excluding carboxylic acids is 1. The Labute approximate surface area is 185 Å². The molecule has 2 fully saturated rings. The fourth-order valence-corrected chi connectivity index (χ4v) is 5.29. The number of amides is 1. The number of nitrogens with zero attached hydrogens (tertiary/aromatic N) is 3. The molecule has 6 nitrogen and oxygen atoms in total. The number of hydrogen-bond donors (Lipinski definition) is 1. The first kappa shape index (κ1) is 21.1. The molecule has 30 heavy (non-hydrogen) atoms. The lowest BCUT2D eigenvalue weighted by Gasteiger charge is -2.21. The lowest BCUT2D eigenvalue weighted by molar-refractivity contribution is -0.123. The Morgan fingerprint density at radius 2 is 2.03 bits per heavy atom. The minimum Gasteiger partial charge on any atom is -0.369 e. The Morgan fingerprint density at radius 3 is 2.73 bits per heavy atom. The quantitative estimate of drug-likeness (QED) is 0.553. The number of aromatic nitrogens is 2. The summed E-state index contributed by atoms with van der Waals surface area (Å²) in [6, 6.07) is 3.95. The van der Waals surface area contributed by atoms with Crippen LogP contribution in [0.25, 0.3) is 11.7 Å². The Bertz CT molecular complexity index is 1100. The SMILES string of the molecule is Cc1ccc2nc(NCC(C)C)c(/C=C3/SC(=S)N(C4CCCC4)C3=O)c(=O)n2c1. The fourth-order valence-electron chi connectivity index (χ4n) is 3.91. The molecule has 0 spiro atoms. The van der Waals surface area contributed by atoms with Crippen LogP contribution in [0, 0.1) is 12.8 Å². The van der Waals surface area contributed by atoms with E-state index in [0.29, 0.717) is 38.7 Å². The molecule has 2 aliphatic rings. The predicted molar refractivity (Wildman–Crippen MR) is 127 cm³/mol. The van der Waals surface area contributed by atoms with Crippen LogP contribution >= 0.6 is 24.0 Å². The second-order valence-corrected chi connectivity index (χ2v) is 10.1. The van der Waals surface area contributed by atoms with Crippen LogP contribution in [0.5, 0.6) is 0 Å². The van der Waals surface area contributed by atoms with Gasteiger partial charge in [-0.3, -0.25) is 18.9 Å². The summed E-state index contributed by atoms with van der Waals surface area (Å²) < 4.78 is 2.12. The highest BCUT2D eigenvalue weighted by Crippen LogP contribution is 2.38. The van der Waals surface area contributed by atoms with E-state index in [2.05, 4.69) is 24.1 Å². The van der Waals surface area contributed by atoms with Gasteiger partial charge in [0.25, 0.3) is 11.5 Å². The summed E-state index contributed by atoms with van der Waals surface area (Å²) in [6.07, 6.45) is 7.67. The lowest BCUT2D eigenvalue weighted by Crippen LogP contribution is -2.36. The molecule has 1 aliphatic carbocycles. The molecule has 0 unspecified atom stereocenters. The molecule has 3 heterocycles. The van der Waals surface area contributed by atoms with Crippen molar-refractivity contribution in [2.24, 2.45) is 5.92 Å². The molecule has 0 atom stereocenters. The van der Waals surface area contributed by atoms with Crippen molar-refractivity contribution in [2.45, 2.75) is 52.5 Å². The summed E-state index contributed by atoms with van der Waals surface area (Å²) >= 11 is 6.78.